The van der Waals surface area contributed by atoms with Crippen molar-refractivity contribution < 1.29 is 0 Å². The molecule has 0 bridgehead atoms. The quantitative estimate of drug-likeness (QED) is 0.876. The monoisotopic (exact) mass is 298 g/mol. The van der Waals surface area contributed by atoms with Crippen molar-refractivity contribution in [1.82, 2.24) is 20.0 Å². The molecular weight excluding hydrogens is 272 g/mol. The predicted molar refractivity (Wildman–Crippen MR) is 84.3 cm³/mol. The molecule has 1 aliphatic heterocycles. The second-order valence-electron chi connectivity index (χ2n) is 5.42. The molecule has 0 amide bonds. The molecule has 1 aliphatic rings. The summed E-state index contributed by atoms with van der Waals surface area (Å²) < 4.78 is 2.07. The highest BCUT2D eigenvalue weighted by molar-refractivity contribution is 6.31. The van der Waals surface area contributed by atoms with Gasteiger partial charge in [0.1, 0.15) is 0 Å². The maximum atomic E-state index is 6.53. The smallest absolute Gasteiger partial charge is 0.0863 e. The lowest BCUT2D eigenvalue weighted by atomic mass is 10.0. The van der Waals surface area contributed by atoms with Gasteiger partial charge in [-0.3, -0.25) is 9.58 Å². The molecule has 0 spiro atoms. The average Bonchev–Trinajstić information content (AvgIpc) is 2.81. The first-order valence-corrected chi connectivity index (χ1v) is 8.27. The van der Waals surface area contributed by atoms with Crippen LogP contribution in [0.25, 0.3) is 0 Å². The number of aryl methyl sites for hydroxylation is 2. The van der Waals surface area contributed by atoms with Crippen LogP contribution in [0.4, 0.5) is 0 Å². The first kappa shape index (κ1) is 15.8. The fraction of sp³-hybridized carbons (Fsp3) is 0.800. The topological polar surface area (TPSA) is 33.1 Å². The first-order valence-electron chi connectivity index (χ1n) is 7.90. The Hall–Kier alpha value is -0.580. The molecule has 1 saturated heterocycles. The van der Waals surface area contributed by atoms with Crippen LogP contribution in [0.2, 0.25) is 5.02 Å². The minimum atomic E-state index is 0.669. The third-order valence-corrected chi connectivity index (χ3v) is 4.71. The van der Waals surface area contributed by atoms with Gasteiger partial charge in [-0.25, -0.2) is 0 Å². The van der Waals surface area contributed by atoms with Crippen molar-refractivity contribution >= 4 is 11.6 Å². The zero-order chi connectivity index (χ0) is 14.5. The summed E-state index contributed by atoms with van der Waals surface area (Å²) in [6.07, 6.45) is 3.36. The fourth-order valence-electron chi connectivity index (χ4n) is 3.03. The molecule has 1 fully saturated rings. The lowest BCUT2D eigenvalue weighted by molar-refractivity contribution is 0.158. The molecule has 1 aromatic heterocycles. The summed E-state index contributed by atoms with van der Waals surface area (Å²) in [6, 6.07) is 0.669. The van der Waals surface area contributed by atoms with E-state index in [-0.39, 0.29) is 0 Å². The maximum Gasteiger partial charge on any atom is 0.0863 e. The van der Waals surface area contributed by atoms with Crippen molar-refractivity contribution in [3.8, 4) is 0 Å². The van der Waals surface area contributed by atoms with Crippen LogP contribution in [0.5, 0.6) is 0 Å². The molecule has 1 aromatic rings. The van der Waals surface area contributed by atoms with Crippen LogP contribution in [0.15, 0.2) is 0 Å². The third-order valence-electron chi connectivity index (χ3n) is 4.28. The molecule has 114 valence electrons. The van der Waals surface area contributed by atoms with Gasteiger partial charge < -0.3 is 5.32 Å². The molecular formula is C15H27ClN4. The Morgan fingerprint density at radius 1 is 1.30 bits per heavy atom. The van der Waals surface area contributed by atoms with Crippen molar-refractivity contribution in [3.63, 3.8) is 0 Å². The molecule has 0 aliphatic carbocycles. The second-order valence-corrected chi connectivity index (χ2v) is 5.80. The van der Waals surface area contributed by atoms with Gasteiger partial charge in [-0.2, -0.15) is 5.10 Å². The fourth-order valence-corrected chi connectivity index (χ4v) is 3.36. The maximum absolute atomic E-state index is 6.53. The van der Waals surface area contributed by atoms with E-state index in [9.17, 15) is 0 Å². The van der Waals surface area contributed by atoms with Crippen molar-refractivity contribution in [2.75, 3.05) is 19.6 Å². The number of aromatic nitrogens is 2. The molecule has 5 heteroatoms. The minimum absolute atomic E-state index is 0.669. The van der Waals surface area contributed by atoms with Crippen LogP contribution in [-0.4, -0.2) is 40.4 Å². The van der Waals surface area contributed by atoms with E-state index < -0.39 is 0 Å². The van der Waals surface area contributed by atoms with Gasteiger partial charge in [-0.05, 0) is 45.8 Å². The van der Waals surface area contributed by atoms with Gasteiger partial charge in [0.05, 0.1) is 16.4 Å². The van der Waals surface area contributed by atoms with Gasteiger partial charge in [0.25, 0.3) is 0 Å². The molecule has 4 nitrogen and oxygen atoms in total. The summed E-state index contributed by atoms with van der Waals surface area (Å²) in [5, 5.41) is 8.94. The molecule has 0 aromatic carbocycles. The average molecular weight is 299 g/mol. The van der Waals surface area contributed by atoms with Gasteiger partial charge >= 0.3 is 0 Å². The number of hydrogen-bond acceptors (Lipinski definition) is 3. The summed E-state index contributed by atoms with van der Waals surface area (Å²) in [5.41, 5.74) is 2.22. The summed E-state index contributed by atoms with van der Waals surface area (Å²) in [7, 11) is 0. The standard InChI is InChI=1S/C15H27ClN4/c1-4-13-15(16)14(20(6-3)18-13)11-19(5-2)12-7-9-17-10-8-12/h12,17H,4-11H2,1-3H3. The molecule has 0 atom stereocenters. The number of nitrogens with zero attached hydrogens (tertiary/aromatic N) is 3. The predicted octanol–water partition coefficient (Wildman–Crippen LogP) is 2.69. The summed E-state index contributed by atoms with van der Waals surface area (Å²) >= 11 is 6.53. The highest BCUT2D eigenvalue weighted by Gasteiger charge is 2.23. The van der Waals surface area contributed by atoms with Crippen LogP contribution >= 0.6 is 11.6 Å². The highest BCUT2D eigenvalue weighted by Crippen LogP contribution is 2.25. The van der Waals surface area contributed by atoms with Crippen molar-refractivity contribution in [2.45, 2.75) is 59.2 Å². The van der Waals surface area contributed by atoms with Crippen molar-refractivity contribution in [1.29, 1.82) is 0 Å². The molecule has 0 saturated carbocycles. The Balaban J connectivity index is 2.15. The Morgan fingerprint density at radius 2 is 2.00 bits per heavy atom. The van der Waals surface area contributed by atoms with Crippen molar-refractivity contribution in [2.24, 2.45) is 0 Å². The normalized spacial score (nSPS) is 17.1. The van der Waals surface area contributed by atoms with E-state index in [1.54, 1.807) is 0 Å². The summed E-state index contributed by atoms with van der Waals surface area (Å²) in [5.74, 6) is 0. The van der Waals surface area contributed by atoms with E-state index in [1.807, 2.05) is 0 Å². The van der Waals surface area contributed by atoms with Crippen LogP contribution in [0.3, 0.4) is 0 Å². The van der Waals surface area contributed by atoms with E-state index in [4.69, 9.17) is 11.6 Å². The number of hydrogen-bond donors (Lipinski definition) is 1. The highest BCUT2D eigenvalue weighted by atomic mass is 35.5. The number of piperidine rings is 1. The SMILES string of the molecule is CCc1nn(CC)c(CN(CC)C2CCNCC2)c1Cl. The van der Waals surface area contributed by atoms with Crippen LogP contribution in [-0.2, 0) is 19.5 Å². The largest absolute Gasteiger partial charge is 0.317 e. The molecule has 2 heterocycles. The molecule has 0 radical (unpaired) electrons. The molecule has 0 unspecified atom stereocenters. The van der Waals surface area contributed by atoms with E-state index in [0.717, 1.165) is 49.9 Å². The van der Waals surface area contributed by atoms with Gasteiger partial charge in [-0.15, -0.1) is 0 Å². The molecule has 1 N–H and O–H groups in total. The first-order chi connectivity index (χ1) is 9.71. The molecule has 20 heavy (non-hydrogen) atoms. The van der Waals surface area contributed by atoms with Gasteiger partial charge in [-0.1, -0.05) is 25.4 Å². The lowest BCUT2D eigenvalue weighted by Gasteiger charge is -2.34. The summed E-state index contributed by atoms with van der Waals surface area (Å²) in [4.78, 5) is 2.55. The van der Waals surface area contributed by atoms with Gasteiger partial charge in [0.15, 0.2) is 0 Å². The Morgan fingerprint density at radius 3 is 2.55 bits per heavy atom. The Bertz CT molecular complexity index is 424. The number of halogens is 1. The minimum Gasteiger partial charge on any atom is -0.317 e. The van der Waals surface area contributed by atoms with E-state index in [1.165, 1.54) is 18.5 Å². The van der Waals surface area contributed by atoms with Crippen LogP contribution in [0, 0.1) is 0 Å². The van der Waals surface area contributed by atoms with Gasteiger partial charge in [0.2, 0.25) is 0 Å². The Kier molecular flexibility index (Phi) is 5.87. The summed E-state index contributed by atoms with van der Waals surface area (Å²) in [6.45, 7) is 11.6. The number of rotatable bonds is 6. The second kappa shape index (κ2) is 7.43. The lowest BCUT2D eigenvalue weighted by Crippen LogP contribution is -2.43. The molecule has 2 rings (SSSR count). The van der Waals surface area contributed by atoms with Crippen molar-refractivity contribution in [3.05, 3.63) is 16.4 Å². The van der Waals surface area contributed by atoms with E-state index >= 15 is 0 Å². The number of nitrogens with one attached hydrogen (secondary N) is 1. The van der Waals surface area contributed by atoms with E-state index in [0.29, 0.717) is 6.04 Å². The van der Waals surface area contributed by atoms with Crippen LogP contribution in [0.1, 0.15) is 45.0 Å². The zero-order valence-electron chi connectivity index (χ0n) is 13.0. The zero-order valence-corrected chi connectivity index (χ0v) is 13.7. The third kappa shape index (κ3) is 3.35. The Labute approximate surface area is 127 Å². The van der Waals surface area contributed by atoms with E-state index in [2.05, 4.69) is 40.8 Å². The van der Waals surface area contributed by atoms with Gasteiger partial charge in [0, 0.05) is 19.1 Å². The van der Waals surface area contributed by atoms with Crippen LogP contribution < -0.4 is 5.32 Å².